The minimum absolute atomic E-state index is 0.0242. The van der Waals surface area contributed by atoms with Crippen LogP contribution in [-0.2, 0) is 42.2 Å². The fourth-order valence-corrected chi connectivity index (χ4v) is 7.99. The summed E-state index contributed by atoms with van der Waals surface area (Å²) in [5, 5.41) is 9.84. The number of rotatable bonds is 53. The molecule has 3 atom stereocenters. The second kappa shape index (κ2) is 59.9. The van der Waals surface area contributed by atoms with Gasteiger partial charge in [-0.3, -0.25) is 23.4 Å². The first-order valence-corrected chi connectivity index (χ1v) is 31.5. The van der Waals surface area contributed by atoms with E-state index >= 15 is 0 Å². The van der Waals surface area contributed by atoms with Crippen LogP contribution in [0.2, 0.25) is 0 Å². The van der Waals surface area contributed by atoms with E-state index in [9.17, 15) is 28.9 Å². The molecule has 0 fully saturated rings. The molecule has 0 aliphatic rings. The average Bonchev–Trinajstić information content (AvgIpc) is 3.45. The van der Waals surface area contributed by atoms with Crippen molar-refractivity contribution in [2.75, 3.05) is 26.4 Å². The molecule has 0 saturated carbocycles. The van der Waals surface area contributed by atoms with Gasteiger partial charge in [-0.25, -0.2) is 4.57 Å². The van der Waals surface area contributed by atoms with Gasteiger partial charge in [0.15, 0.2) is 6.10 Å². The second-order valence-electron chi connectivity index (χ2n) is 19.0. The first-order valence-electron chi connectivity index (χ1n) is 30.0. The molecule has 0 spiro atoms. The zero-order valence-corrected chi connectivity index (χ0v) is 50.4. The Labute approximate surface area is 485 Å². The zero-order chi connectivity index (χ0) is 58.3. The molecule has 12 heteroatoms. The molecule has 0 rings (SSSR count). The summed E-state index contributed by atoms with van der Waals surface area (Å²) in [5.74, 6) is -1.69. The van der Waals surface area contributed by atoms with Gasteiger partial charge in [0.2, 0.25) is 0 Å². The number of ether oxygens (including phenoxy) is 3. The normalized spacial score (nSPS) is 14.5. The SMILES string of the molecule is CC/C=C\C/C=C\C/C=C\C/C=C\C/C=C\CCCCCC(=O)OC(COC(=O)C/C=C\C/C=C\C/C=C\C/C=C\C/C=C\CC)COP(=O)(O)OCC(CO)OC(=O)CCCCCCCC/C=C\C/C=C\C/C=C\C/C=C\CC. The maximum absolute atomic E-state index is 12.9. The lowest BCUT2D eigenvalue weighted by atomic mass is 10.1. The lowest BCUT2D eigenvalue weighted by Gasteiger charge is -2.21. The highest BCUT2D eigenvalue weighted by atomic mass is 31.2. The molecule has 0 aromatic heterocycles. The van der Waals surface area contributed by atoms with E-state index in [-0.39, 0.29) is 19.3 Å². The molecule has 0 amide bonds. The van der Waals surface area contributed by atoms with E-state index in [0.29, 0.717) is 19.3 Å². The van der Waals surface area contributed by atoms with Crippen molar-refractivity contribution in [1.29, 1.82) is 0 Å². The molecule has 0 aliphatic carbocycles. The van der Waals surface area contributed by atoms with E-state index in [2.05, 4.69) is 173 Å². The fourth-order valence-electron chi connectivity index (χ4n) is 7.21. The molecule has 0 bridgehead atoms. The van der Waals surface area contributed by atoms with Crippen LogP contribution in [0.15, 0.2) is 170 Å². The number of carbonyl (C=O) groups is 3. The van der Waals surface area contributed by atoms with Crippen molar-refractivity contribution in [3.8, 4) is 0 Å². The van der Waals surface area contributed by atoms with Crippen LogP contribution in [0, 0.1) is 0 Å². The van der Waals surface area contributed by atoms with Gasteiger partial charge >= 0.3 is 25.7 Å². The lowest BCUT2D eigenvalue weighted by Crippen LogP contribution is -2.30. The van der Waals surface area contributed by atoms with Gasteiger partial charge in [-0.1, -0.05) is 223 Å². The second-order valence-corrected chi connectivity index (χ2v) is 20.5. The van der Waals surface area contributed by atoms with E-state index in [1.807, 2.05) is 12.2 Å². The quantitative estimate of drug-likeness (QED) is 0.0197. The van der Waals surface area contributed by atoms with Crippen LogP contribution in [-0.4, -0.2) is 66.5 Å². The van der Waals surface area contributed by atoms with Gasteiger partial charge in [0, 0.05) is 12.8 Å². The van der Waals surface area contributed by atoms with Crippen molar-refractivity contribution in [1.82, 2.24) is 0 Å². The highest BCUT2D eigenvalue weighted by Crippen LogP contribution is 2.43. The fraction of sp³-hybridized carbons (Fsp3) is 0.544. The summed E-state index contributed by atoms with van der Waals surface area (Å²) < 4.78 is 39.4. The zero-order valence-electron chi connectivity index (χ0n) is 49.5. The van der Waals surface area contributed by atoms with Crippen molar-refractivity contribution in [3.05, 3.63) is 170 Å². The van der Waals surface area contributed by atoms with Crippen LogP contribution in [0.3, 0.4) is 0 Å². The summed E-state index contributed by atoms with van der Waals surface area (Å²) in [6.45, 7) is 4.11. The van der Waals surface area contributed by atoms with Gasteiger partial charge in [-0.05, 0) is 128 Å². The van der Waals surface area contributed by atoms with Gasteiger partial charge in [-0.2, -0.15) is 0 Å². The number of aliphatic hydroxyl groups excluding tert-OH is 1. The summed E-state index contributed by atoms with van der Waals surface area (Å²) in [4.78, 5) is 48.6. The first kappa shape index (κ1) is 74.8. The molecule has 0 heterocycles. The Balaban J connectivity index is 4.88. The number of aliphatic hydroxyl groups is 1. The predicted molar refractivity (Wildman–Crippen MR) is 334 cm³/mol. The Kier molecular flexibility index (Phi) is 56.1. The smallest absolute Gasteiger partial charge is 0.461 e. The van der Waals surface area contributed by atoms with Crippen LogP contribution in [0.4, 0.5) is 0 Å². The van der Waals surface area contributed by atoms with Crippen molar-refractivity contribution in [2.45, 2.75) is 213 Å². The number of unbranched alkanes of at least 4 members (excludes halogenated alkanes) is 9. The Hall–Kier alpha value is -5.16. The van der Waals surface area contributed by atoms with Crippen LogP contribution in [0.1, 0.15) is 201 Å². The van der Waals surface area contributed by atoms with E-state index in [1.54, 1.807) is 6.08 Å². The van der Waals surface area contributed by atoms with Crippen LogP contribution >= 0.6 is 7.82 Å². The number of allylic oxidation sites excluding steroid dienone is 27. The minimum Gasteiger partial charge on any atom is -0.461 e. The lowest BCUT2D eigenvalue weighted by molar-refractivity contribution is -0.161. The predicted octanol–water partition coefficient (Wildman–Crippen LogP) is 18.2. The highest BCUT2D eigenvalue weighted by Gasteiger charge is 2.28. The number of phosphoric ester groups is 1. The monoisotopic (exact) mass is 1130 g/mol. The molecular weight excluding hydrogens is 1020 g/mol. The van der Waals surface area contributed by atoms with Gasteiger partial charge in [-0.15, -0.1) is 0 Å². The van der Waals surface area contributed by atoms with Crippen molar-refractivity contribution in [2.24, 2.45) is 0 Å². The average molecular weight is 1130 g/mol. The molecule has 3 unspecified atom stereocenters. The third-order valence-corrected chi connectivity index (χ3v) is 12.6. The maximum atomic E-state index is 12.9. The number of esters is 3. The van der Waals surface area contributed by atoms with E-state index < -0.39 is 64.4 Å². The van der Waals surface area contributed by atoms with Crippen LogP contribution in [0.25, 0.3) is 0 Å². The molecule has 0 saturated heterocycles. The molecule has 0 aromatic carbocycles. The number of hydrogen-bond donors (Lipinski definition) is 2. The maximum Gasteiger partial charge on any atom is 0.472 e. The van der Waals surface area contributed by atoms with Crippen molar-refractivity contribution >= 4 is 25.7 Å². The Morgan fingerprint density at radius 3 is 1.01 bits per heavy atom. The Morgan fingerprint density at radius 1 is 0.362 bits per heavy atom. The van der Waals surface area contributed by atoms with Crippen LogP contribution < -0.4 is 0 Å². The molecule has 80 heavy (non-hydrogen) atoms. The van der Waals surface area contributed by atoms with Gasteiger partial charge in [0.25, 0.3) is 0 Å². The molecule has 0 aliphatic heterocycles. The summed E-state index contributed by atoms with van der Waals surface area (Å²) in [6, 6.07) is 0. The summed E-state index contributed by atoms with van der Waals surface area (Å²) >= 11 is 0. The molecule has 11 nitrogen and oxygen atoms in total. The third-order valence-electron chi connectivity index (χ3n) is 11.6. The summed E-state index contributed by atoms with van der Waals surface area (Å²) in [6.07, 6.45) is 80.5. The molecular formula is C68H105O11P. The largest absolute Gasteiger partial charge is 0.472 e. The minimum atomic E-state index is -4.80. The van der Waals surface area contributed by atoms with Gasteiger partial charge < -0.3 is 24.2 Å². The van der Waals surface area contributed by atoms with Crippen molar-refractivity contribution < 1.29 is 52.2 Å². The van der Waals surface area contributed by atoms with Gasteiger partial charge in [0.1, 0.15) is 12.7 Å². The Morgan fingerprint density at radius 2 is 0.650 bits per heavy atom. The summed E-state index contributed by atoms with van der Waals surface area (Å²) in [5.41, 5.74) is 0. The van der Waals surface area contributed by atoms with Crippen molar-refractivity contribution in [3.63, 3.8) is 0 Å². The molecule has 0 radical (unpaired) electrons. The number of carbonyl (C=O) groups excluding carboxylic acids is 3. The number of hydrogen-bond acceptors (Lipinski definition) is 10. The summed E-state index contributed by atoms with van der Waals surface area (Å²) in [7, 11) is -4.80. The van der Waals surface area contributed by atoms with E-state index in [1.165, 1.54) is 0 Å². The van der Waals surface area contributed by atoms with E-state index in [0.717, 1.165) is 141 Å². The standard InChI is InChI=1S/C68H105O11P/c1-4-7-10-13-16-19-22-25-28-30-32-34-37-40-43-46-49-52-55-58-67(71)78-64(60-69)62-76-80(73,74)77-63-65(61-75-66(70)57-54-51-48-45-42-39-36-27-24-21-18-15-12-9-6-3)79-68(72)59-56-53-50-47-44-41-38-35-33-31-29-26-23-20-17-14-11-8-5-2/h7-12,16-21,25-29,32-36,41-42,44-45,51,54,64-65,69H,4-6,13-15,22-24,30-31,37-40,43,46-50,52-53,55-63H2,1-3H3,(H,73,74)/b10-7-,11-8-,12-9-,19-16-,20-17-,21-18-,28-25-,29-26-,34-32-,35-33-,36-27-,44-41-,45-42-,54-51-. The Bertz CT molecular complexity index is 1990. The molecule has 2 N–H and O–H groups in total. The molecule has 448 valence electrons. The highest BCUT2D eigenvalue weighted by molar-refractivity contribution is 7.47. The first-order chi connectivity index (χ1) is 39.2. The topological polar surface area (TPSA) is 155 Å². The van der Waals surface area contributed by atoms with Crippen LogP contribution in [0.5, 0.6) is 0 Å². The number of phosphoric acid groups is 1. The third kappa shape index (κ3) is 57.5. The van der Waals surface area contributed by atoms with E-state index in [4.69, 9.17) is 23.3 Å². The molecule has 0 aromatic rings. The van der Waals surface area contributed by atoms with Gasteiger partial charge in [0.05, 0.1) is 26.2 Å².